The number of carbonyl (C=O) groups excluding carboxylic acids is 1. The number of nitrogens with zero attached hydrogens (tertiary/aromatic N) is 1. The second-order valence-electron chi connectivity index (χ2n) is 4.62. The third-order valence-electron chi connectivity index (χ3n) is 3.19. The lowest BCUT2D eigenvalue weighted by atomic mass is 10.1. The van der Waals surface area contributed by atoms with E-state index in [1.54, 1.807) is 0 Å². The maximum atomic E-state index is 11.8. The summed E-state index contributed by atoms with van der Waals surface area (Å²) in [4.78, 5) is 13.8. The van der Waals surface area contributed by atoms with E-state index < -0.39 is 0 Å². The highest BCUT2D eigenvalue weighted by molar-refractivity contribution is 5.82. The number of hydrogen-bond donors (Lipinski definition) is 0. The van der Waals surface area contributed by atoms with Gasteiger partial charge in [0.25, 0.3) is 0 Å². The van der Waals surface area contributed by atoms with Crippen molar-refractivity contribution in [3.63, 3.8) is 0 Å². The van der Waals surface area contributed by atoms with Crippen molar-refractivity contribution >= 4 is 11.7 Å². The Labute approximate surface area is 107 Å². The predicted octanol–water partition coefficient (Wildman–Crippen LogP) is 2.06. The van der Waals surface area contributed by atoms with Gasteiger partial charge in [-0.15, -0.1) is 0 Å². The summed E-state index contributed by atoms with van der Waals surface area (Å²) in [6.07, 6.45) is 0. The Morgan fingerprint density at radius 1 is 1.50 bits per heavy atom. The van der Waals surface area contributed by atoms with Crippen LogP contribution in [-0.4, -0.2) is 32.3 Å². The summed E-state index contributed by atoms with van der Waals surface area (Å²) < 4.78 is 10.8. The molecule has 1 aromatic rings. The van der Waals surface area contributed by atoms with Crippen LogP contribution < -0.4 is 9.64 Å². The molecule has 0 N–H and O–H groups in total. The van der Waals surface area contributed by atoms with Crippen LogP contribution in [0.3, 0.4) is 0 Å². The number of rotatable bonds is 2. The second-order valence-corrected chi connectivity index (χ2v) is 4.62. The highest BCUT2D eigenvalue weighted by Gasteiger charge is 2.32. The lowest BCUT2D eigenvalue weighted by Crippen LogP contribution is -2.47. The fraction of sp³-hybridized carbons (Fsp3) is 0.500. The molecule has 0 amide bonds. The van der Waals surface area contributed by atoms with Crippen LogP contribution >= 0.6 is 0 Å². The van der Waals surface area contributed by atoms with Crippen LogP contribution in [0.5, 0.6) is 5.75 Å². The van der Waals surface area contributed by atoms with Gasteiger partial charge in [-0.3, -0.25) is 0 Å². The molecule has 0 bridgehead atoms. The number of benzene rings is 1. The number of ether oxygens (including phenoxy) is 2. The Bertz CT molecular complexity index is 470. The summed E-state index contributed by atoms with van der Waals surface area (Å²) in [5.74, 6) is 0.633. The third kappa shape index (κ3) is 2.15. The molecular weight excluding hydrogens is 230 g/mol. The van der Waals surface area contributed by atoms with E-state index in [4.69, 9.17) is 9.47 Å². The van der Waals surface area contributed by atoms with Gasteiger partial charge in [0.1, 0.15) is 12.4 Å². The standard InChI is InChI=1S/C14H19NO3/c1-5-17-14(16)12-8-18-13-10(3)6-9(2)7-11(13)15(12)4/h6-7,12H,5,8H2,1-4H3. The fourth-order valence-electron chi connectivity index (χ4n) is 2.29. The quantitative estimate of drug-likeness (QED) is 0.752. The van der Waals surface area contributed by atoms with E-state index >= 15 is 0 Å². The number of esters is 1. The molecule has 0 aromatic heterocycles. The molecule has 1 aliphatic heterocycles. The predicted molar refractivity (Wildman–Crippen MR) is 70.2 cm³/mol. The van der Waals surface area contributed by atoms with Crippen molar-refractivity contribution in [2.45, 2.75) is 26.8 Å². The molecule has 1 aromatic carbocycles. The van der Waals surface area contributed by atoms with Gasteiger partial charge in [-0.1, -0.05) is 6.07 Å². The van der Waals surface area contributed by atoms with Crippen LogP contribution in [0.2, 0.25) is 0 Å². The SMILES string of the molecule is CCOC(=O)C1COc2c(C)cc(C)cc2N1C. The van der Waals surface area contributed by atoms with E-state index in [0.29, 0.717) is 13.2 Å². The van der Waals surface area contributed by atoms with Crippen molar-refractivity contribution in [2.75, 3.05) is 25.2 Å². The zero-order valence-corrected chi connectivity index (χ0v) is 11.3. The minimum absolute atomic E-state index is 0.232. The van der Waals surface area contributed by atoms with E-state index in [0.717, 1.165) is 22.6 Å². The highest BCUT2D eigenvalue weighted by atomic mass is 16.5. The van der Waals surface area contributed by atoms with Gasteiger partial charge in [0.05, 0.1) is 12.3 Å². The number of fused-ring (bicyclic) bond motifs is 1. The summed E-state index contributed by atoms with van der Waals surface area (Å²) in [6.45, 7) is 6.60. The van der Waals surface area contributed by atoms with Crippen molar-refractivity contribution in [1.29, 1.82) is 0 Å². The molecular formula is C14H19NO3. The first-order valence-corrected chi connectivity index (χ1v) is 6.18. The van der Waals surface area contributed by atoms with Crippen LogP contribution in [0.25, 0.3) is 0 Å². The fourth-order valence-corrected chi connectivity index (χ4v) is 2.29. The van der Waals surface area contributed by atoms with Crippen LogP contribution in [0.4, 0.5) is 5.69 Å². The summed E-state index contributed by atoms with van der Waals surface area (Å²) in [7, 11) is 1.90. The van der Waals surface area contributed by atoms with E-state index in [9.17, 15) is 4.79 Å². The molecule has 1 aliphatic rings. The molecule has 0 aliphatic carbocycles. The molecule has 1 unspecified atom stereocenters. The van der Waals surface area contributed by atoms with Crippen LogP contribution in [-0.2, 0) is 9.53 Å². The summed E-state index contributed by atoms with van der Waals surface area (Å²) >= 11 is 0. The van der Waals surface area contributed by atoms with E-state index in [1.165, 1.54) is 0 Å². The van der Waals surface area contributed by atoms with Gasteiger partial charge in [-0.2, -0.15) is 0 Å². The Morgan fingerprint density at radius 3 is 2.89 bits per heavy atom. The van der Waals surface area contributed by atoms with Gasteiger partial charge in [0.2, 0.25) is 0 Å². The molecule has 18 heavy (non-hydrogen) atoms. The average Bonchev–Trinajstić information content (AvgIpc) is 2.30. The molecule has 0 saturated heterocycles. The molecule has 4 heteroatoms. The minimum Gasteiger partial charge on any atom is -0.488 e. The van der Waals surface area contributed by atoms with Crippen molar-refractivity contribution < 1.29 is 14.3 Å². The van der Waals surface area contributed by atoms with Crippen molar-refractivity contribution in [2.24, 2.45) is 0 Å². The molecule has 0 saturated carbocycles. The number of hydrogen-bond acceptors (Lipinski definition) is 4. The van der Waals surface area contributed by atoms with Crippen LogP contribution in [0.1, 0.15) is 18.1 Å². The van der Waals surface area contributed by atoms with Crippen LogP contribution in [0.15, 0.2) is 12.1 Å². The zero-order valence-electron chi connectivity index (χ0n) is 11.3. The van der Waals surface area contributed by atoms with E-state index in [-0.39, 0.29) is 12.0 Å². The molecule has 1 heterocycles. The van der Waals surface area contributed by atoms with Crippen molar-refractivity contribution in [1.82, 2.24) is 0 Å². The summed E-state index contributed by atoms with van der Waals surface area (Å²) in [6, 6.07) is 3.75. The van der Waals surface area contributed by atoms with E-state index in [1.807, 2.05) is 38.8 Å². The van der Waals surface area contributed by atoms with E-state index in [2.05, 4.69) is 6.07 Å². The first-order chi connectivity index (χ1) is 8.54. The Kier molecular flexibility index (Phi) is 3.45. The topological polar surface area (TPSA) is 38.8 Å². The maximum Gasteiger partial charge on any atom is 0.332 e. The molecule has 0 spiro atoms. The first-order valence-electron chi connectivity index (χ1n) is 6.18. The van der Waals surface area contributed by atoms with Gasteiger partial charge in [0, 0.05) is 7.05 Å². The number of anilines is 1. The molecule has 1 atom stereocenters. The van der Waals surface area contributed by atoms with Crippen LogP contribution in [0, 0.1) is 13.8 Å². The van der Waals surface area contributed by atoms with Gasteiger partial charge >= 0.3 is 5.97 Å². The highest BCUT2D eigenvalue weighted by Crippen LogP contribution is 2.37. The normalized spacial score (nSPS) is 18.0. The zero-order chi connectivity index (χ0) is 13.3. The third-order valence-corrected chi connectivity index (χ3v) is 3.19. The first kappa shape index (κ1) is 12.7. The Morgan fingerprint density at radius 2 is 2.22 bits per heavy atom. The number of aryl methyl sites for hydroxylation is 2. The maximum absolute atomic E-state index is 11.8. The number of carbonyl (C=O) groups is 1. The largest absolute Gasteiger partial charge is 0.488 e. The number of likely N-dealkylation sites (N-methyl/N-ethyl adjacent to an activating group) is 1. The van der Waals surface area contributed by atoms with Crippen molar-refractivity contribution in [3.05, 3.63) is 23.3 Å². The van der Waals surface area contributed by atoms with Gasteiger partial charge in [-0.25, -0.2) is 4.79 Å². The average molecular weight is 249 g/mol. The lowest BCUT2D eigenvalue weighted by Gasteiger charge is -2.35. The molecule has 4 nitrogen and oxygen atoms in total. The van der Waals surface area contributed by atoms with Crippen molar-refractivity contribution in [3.8, 4) is 5.75 Å². The monoisotopic (exact) mass is 249 g/mol. The van der Waals surface area contributed by atoms with Gasteiger partial charge < -0.3 is 14.4 Å². The van der Waals surface area contributed by atoms with Gasteiger partial charge in [0.15, 0.2) is 6.04 Å². The molecule has 98 valence electrons. The smallest absolute Gasteiger partial charge is 0.332 e. The Balaban J connectivity index is 2.33. The summed E-state index contributed by atoms with van der Waals surface area (Å²) in [5.41, 5.74) is 3.21. The second kappa shape index (κ2) is 4.88. The minimum atomic E-state index is -0.362. The molecule has 2 rings (SSSR count). The summed E-state index contributed by atoms with van der Waals surface area (Å²) in [5, 5.41) is 0. The Hall–Kier alpha value is -1.71. The van der Waals surface area contributed by atoms with Gasteiger partial charge in [-0.05, 0) is 38.0 Å². The molecule has 0 radical (unpaired) electrons. The lowest BCUT2D eigenvalue weighted by molar-refractivity contribution is -0.145. The molecule has 0 fully saturated rings.